The van der Waals surface area contributed by atoms with Crippen LogP contribution >= 0.6 is 0 Å². The summed E-state index contributed by atoms with van der Waals surface area (Å²) in [5.41, 5.74) is 13.5. The molecule has 35 heavy (non-hydrogen) atoms. The third-order valence-corrected chi connectivity index (χ3v) is 4.25. The average Bonchev–Trinajstić information content (AvgIpc) is 2.85. The van der Waals surface area contributed by atoms with Crippen molar-refractivity contribution in [3.8, 4) is 5.75 Å². The van der Waals surface area contributed by atoms with E-state index in [1.807, 2.05) is 45.0 Å². The number of ether oxygens (including phenoxy) is 3. The van der Waals surface area contributed by atoms with E-state index in [1.54, 1.807) is 30.4 Å². The molecule has 0 spiro atoms. The Morgan fingerprint density at radius 2 is 1.46 bits per heavy atom. The third kappa shape index (κ3) is 14.9. The minimum Gasteiger partial charge on any atom is -0.494 e. The molecule has 2 rings (SSSR count). The Bertz CT molecular complexity index is 888. The van der Waals surface area contributed by atoms with Crippen LogP contribution in [0.4, 0.5) is 11.4 Å². The predicted molar refractivity (Wildman–Crippen MR) is 144 cm³/mol. The van der Waals surface area contributed by atoms with Gasteiger partial charge >= 0.3 is 11.9 Å². The maximum absolute atomic E-state index is 12.0. The molecule has 0 atom stereocenters. The number of methoxy groups -OCH3 is 1. The zero-order valence-corrected chi connectivity index (χ0v) is 21.4. The maximum Gasteiger partial charge on any atom is 0.338 e. The number of esters is 2. The summed E-state index contributed by atoms with van der Waals surface area (Å²) in [6.07, 6.45) is 8.41. The number of hydrogen-bond donors (Lipinski definition) is 2. The van der Waals surface area contributed by atoms with Crippen LogP contribution in [-0.4, -0.2) is 32.3 Å². The van der Waals surface area contributed by atoms with Crippen molar-refractivity contribution in [2.24, 2.45) is 0 Å². The maximum atomic E-state index is 12.0. The number of nitrogens with two attached hydrogens (primary N) is 2. The van der Waals surface area contributed by atoms with Gasteiger partial charge in [-0.1, -0.05) is 32.1 Å². The fourth-order valence-electron chi connectivity index (χ4n) is 2.70. The van der Waals surface area contributed by atoms with Crippen molar-refractivity contribution in [2.45, 2.75) is 46.5 Å². The molecule has 0 saturated carbocycles. The highest BCUT2D eigenvalue weighted by Crippen LogP contribution is 2.16. The highest BCUT2D eigenvalue weighted by Gasteiger charge is 2.08. The van der Waals surface area contributed by atoms with Crippen molar-refractivity contribution in [2.75, 3.05) is 31.8 Å². The number of anilines is 2. The lowest BCUT2D eigenvalue weighted by Crippen LogP contribution is -2.08. The Morgan fingerprint density at radius 1 is 0.914 bits per heavy atom. The Hall–Kier alpha value is -3.74. The van der Waals surface area contributed by atoms with Crippen molar-refractivity contribution in [3.63, 3.8) is 0 Å². The molecule has 0 heterocycles. The summed E-state index contributed by atoms with van der Waals surface area (Å²) >= 11 is 0. The molecule has 0 fully saturated rings. The van der Waals surface area contributed by atoms with Crippen LogP contribution in [0.25, 0.3) is 6.08 Å². The van der Waals surface area contributed by atoms with Gasteiger partial charge in [0.05, 0.1) is 25.9 Å². The second-order valence-electron chi connectivity index (χ2n) is 7.12. The number of unbranched alkanes of at least 4 members (excludes halogenated alkanes) is 3. The molecule has 0 radical (unpaired) electrons. The van der Waals surface area contributed by atoms with E-state index in [1.165, 1.54) is 13.2 Å². The summed E-state index contributed by atoms with van der Waals surface area (Å²) in [6.45, 7) is 10.2. The molecule has 0 aliphatic heterocycles. The molecule has 2 aromatic carbocycles. The van der Waals surface area contributed by atoms with Crippen molar-refractivity contribution >= 4 is 29.4 Å². The molecule has 7 heteroatoms. The number of carbonyl (C=O) groups excluding carboxylic acids is 2. The predicted octanol–water partition coefficient (Wildman–Crippen LogP) is 6.05. The first-order valence-electron chi connectivity index (χ1n) is 11.8. The summed E-state index contributed by atoms with van der Waals surface area (Å²) in [5.74, 6) is -0.0256. The lowest BCUT2D eigenvalue weighted by atomic mass is 10.2. The SMILES string of the molecule is C=CC.CC.COC(=O)/C=C/c1ccc(OCCCCCCOC(=O)c2cc(N)cc(N)c2)cc1. The van der Waals surface area contributed by atoms with Gasteiger partial charge in [-0.05, 0) is 74.6 Å². The second kappa shape index (κ2) is 19.7. The fraction of sp³-hybridized carbons (Fsp3) is 0.357. The molecule has 0 aliphatic carbocycles. The van der Waals surface area contributed by atoms with E-state index in [9.17, 15) is 9.59 Å². The van der Waals surface area contributed by atoms with E-state index in [4.69, 9.17) is 20.9 Å². The molecule has 0 bridgehead atoms. The van der Waals surface area contributed by atoms with Gasteiger partial charge in [0.25, 0.3) is 0 Å². The van der Waals surface area contributed by atoms with Gasteiger partial charge in [0.2, 0.25) is 0 Å². The zero-order valence-electron chi connectivity index (χ0n) is 21.4. The molecule has 4 N–H and O–H groups in total. The highest BCUT2D eigenvalue weighted by molar-refractivity contribution is 5.91. The Labute approximate surface area is 209 Å². The minimum absolute atomic E-state index is 0.356. The largest absolute Gasteiger partial charge is 0.494 e. The highest BCUT2D eigenvalue weighted by atomic mass is 16.5. The molecule has 2 aromatic rings. The van der Waals surface area contributed by atoms with Crippen molar-refractivity contribution in [1.29, 1.82) is 0 Å². The first-order valence-corrected chi connectivity index (χ1v) is 11.8. The van der Waals surface area contributed by atoms with Gasteiger partial charge in [0.15, 0.2) is 0 Å². The minimum atomic E-state index is -0.415. The van der Waals surface area contributed by atoms with Gasteiger partial charge in [-0.2, -0.15) is 0 Å². The van der Waals surface area contributed by atoms with E-state index >= 15 is 0 Å². The van der Waals surface area contributed by atoms with Crippen LogP contribution in [0.3, 0.4) is 0 Å². The fourth-order valence-corrected chi connectivity index (χ4v) is 2.70. The summed E-state index contributed by atoms with van der Waals surface area (Å²) < 4.78 is 15.5. The van der Waals surface area contributed by atoms with Gasteiger partial charge < -0.3 is 25.7 Å². The van der Waals surface area contributed by atoms with Crippen molar-refractivity contribution in [1.82, 2.24) is 0 Å². The van der Waals surface area contributed by atoms with Gasteiger partial charge in [0, 0.05) is 17.5 Å². The number of hydrogen-bond acceptors (Lipinski definition) is 7. The van der Waals surface area contributed by atoms with E-state index in [-0.39, 0.29) is 5.97 Å². The quantitative estimate of drug-likeness (QED) is 0.131. The number of nitrogen functional groups attached to an aromatic ring is 2. The lowest BCUT2D eigenvalue weighted by molar-refractivity contribution is -0.134. The molecule has 0 saturated heterocycles. The molecule has 0 amide bonds. The molecule has 0 aromatic heterocycles. The van der Waals surface area contributed by atoms with E-state index in [2.05, 4.69) is 11.3 Å². The molecule has 192 valence electrons. The van der Waals surface area contributed by atoms with Crippen LogP contribution in [0.5, 0.6) is 5.75 Å². The molecule has 7 nitrogen and oxygen atoms in total. The number of carbonyl (C=O) groups is 2. The molecule has 0 aliphatic rings. The summed E-state index contributed by atoms with van der Waals surface area (Å²) in [4.78, 5) is 23.1. The van der Waals surface area contributed by atoms with Gasteiger partial charge in [-0.25, -0.2) is 9.59 Å². The van der Waals surface area contributed by atoms with E-state index < -0.39 is 5.97 Å². The van der Waals surface area contributed by atoms with E-state index in [0.29, 0.717) is 30.2 Å². The Morgan fingerprint density at radius 3 is 2.00 bits per heavy atom. The van der Waals surface area contributed by atoms with Crippen molar-refractivity contribution < 1.29 is 23.8 Å². The summed E-state index contributed by atoms with van der Waals surface area (Å²) in [6, 6.07) is 12.2. The van der Waals surface area contributed by atoms with Crippen LogP contribution in [0.15, 0.2) is 61.2 Å². The topological polar surface area (TPSA) is 114 Å². The molecular weight excluding hydrogens is 444 g/mol. The molecule has 0 unspecified atom stereocenters. The summed E-state index contributed by atoms with van der Waals surface area (Å²) in [5, 5.41) is 0. The van der Waals surface area contributed by atoms with Gasteiger partial charge in [-0.3, -0.25) is 0 Å². The first kappa shape index (κ1) is 31.3. The number of benzene rings is 2. The first-order chi connectivity index (χ1) is 16.9. The zero-order chi connectivity index (χ0) is 26.5. The Balaban J connectivity index is 0.00000214. The van der Waals surface area contributed by atoms with Crippen LogP contribution in [0.2, 0.25) is 0 Å². The smallest absolute Gasteiger partial charge is 0.338 e. The van der Waals surface area contributed by atoms with Gasteiger partial charge in [-0.15, -0.1) is 6.58 Å². The third-order valence-electron chi connectivity index (χ3n) is 4.25. The van der Waals surface area contributed by atoms with Crippen LogP contribution < -0.4 is 16.2 Å². The second-order valence-corrected chi connectivity index (χ2v) is 7.12. The Kier molecular flexibility index (Phi) is 17.6. The average molecular weight is 485 g/mol. The van der Waals surface area contributed by atoms with Crippen LogP contribution in [0.1, 0.15) is 62.4 Å². The molecular formula is C28H40N2O5. The standard InChI is InChI=1S/C23H28N2O5.C3H6.C2H6/c1-28-22(26)11-8-17-6-9-21(10-7-17)29-12-4-2-3-5-13-30-23(27)18-14-19(24)16-20(25)15-18;1-3-2;1-2/h6-11,14-16H,2-5,12-13,24-25H2,1H3;3H,1H2,2H3;1-2H3/b11-8+;;. The van der Waals surface area contributed by atoms with Crippen LogP contribution in [-0.2, 0) is 14.3 Å². The normalized spacial score (nSPS) is 9.71. The number of rotatable bonds is 11. The van der Waals surface area contributed by atoms with Crippen molar-refractivity contribution in [3.05, 3.63) is 72.3 Å². The lowest BCUT2D eigenvalue weighted by Gasteiger charge is -2.08. The van der Waals surface area contributed by atoms with Gasteiger partial charge in [0.1, 0.15) is 5.75 Å². The monoisotopic (exact) mass is 484 g/mol. The number of allylic oxidation sites excluding steroid dienone is 1. The van der Waals surface area contributed by atoms with Crippen LogP contribution in [0, 0.1) is 0 Å². The summed E-state index contributed by atoms with van der Waals surface area (Å²) in [7, 11) is 1.34. The van der Waals surface area contributed by atoms with E-state index in [0.717, 1.165) is 37.0 Å².